The van der Waals surface area contributed by atoms with Crippen molar-refractivity contribution in [3.05, 3.63) is 32.6 Å². The number of hydrogen-bond donors (Lipinski definition) is 2. The van der Waals surface area contributed by atoms with Crippen LogP contribution < -0.4 is 10.0 Å². The Labute approximate surface area is 127 Å². The number of nitrogens with one attached hydrogen (secondary N) is 2. The van der Waals surface area contributed by atoms with E-state index in [1.165, 1.54) is 22.7 Å². The summed E-state index contributed by atoms with van der Waals surface area (Å²) in [5.74, 6) is 0. The van der Waals surface area contributed by atoms with Crippen molar-refractivity contribution in [2.24, 2.45) is 0 Å². The predicted octanol–water partition coefficient (Wildman–Crippen LogP) is 3.42. The molecule has 2 aromatic rings. The first kappa shape index (κ1) is 15.5. The molecule has 2 rings (SSSR count). The Morgan fingerprint density at radius 1 is 1.35 bits per heavy atom. The second-order valence-electron chi connectivity index (χ2n) is 4.43. The molecule has 4 nitrogen and oxygen atoms in total. The first-order chi connectivity index (χ1) is 9.53. The third-order valence-electron chi connectivity index (χ3n) is 2.71. The lowest BCUT2D eigenvalue weighted by atomic mass is 10.4. The normalized spacial score (nSPS) is 11.7. The van der Waals surface area contributed by atoms with Crippen LogP contribution in [0.2, 0.25) is 0 Å². The molecule has 0 spiro atoms. The van der Waals surface area contributed by atoms with Gasteiger partial charge in [0.05, 0.1) is 5.69 Å². The van der Waals surface area contributed by atoms with Crippen molar-refractivity contribution in [2.75, 3.05) is 11.3 Å². The average Bonchev–Trinajstić information content (AvgIpc) is 2.99. The van der Waals surface area contributed by atoms with Gasteiger partial charge in [0, 0.05) is 21.7 Å². The van der Waals surface area contributed by atoms with E-state index >= 15 is 0 Å². The lowest BCUT2D eigenvalue weighted by molar-refractivity contribution is 0.601. The predicted molar refractivity (Wildman–Crippen MR) is 86.2 cm³/mol. The Morgan fingerprint density at radius 2 is 2.15 bits per heavy atom. The summed E-state index contributed by atoms with van der Waals surface area (Å²) in [5, 5.41) is 6.91. The minimum Gasteiger partial charge on any atom is -0.312 e. The summed E-state index contributed by atoms with van der Waals surface area (Å²) in [4.78, 5) is 2.24. The number of thiophene rings is 2. The van der Waals surface area contributed by atoms with Gasteiger partial charge in [-0.1, -0.05) is 6.92 Å². The molecule has 0 aliphatic rings. The summed E-state index contributed by atoms with van der Waals surface area (Å²) in [5.41, 5.74) is 0.617. The number of aryl methyl sites for hydroxylation is 1. The fourth-order valence-electron chi connectivity index (χ4n) is 1.80. The van der Waals surface area contributed by atoms with Crippen LogP contribution in [0.4, 0.5) is 5.69 Å². The molecular weight excluding hydrogens is 312 g/mol. The number of rotatable bonds is 7. The fraction of sp³-hybridized carbons (Fsp3) is 0.385. The largest absolute Gasteiger partial charge is 0.312 e. The van der Waals surface area contributed by atoms with Crippen LogP contribution in [0.25, 0.3) is 0 Å². The van der Waals surface area contributed by atoms with Gasteiger partial charge >= 0.3 is 0 Å². The molecule has 2 heterocycles. The van der Waals surface area contributed by atoms with Gasteiger partial charge in [-0.05, 0) is 37.4 Å². The van der Waals surface area contributed by atoms with Crippen LogP contribution in [0, 0.1) is 6.92 Å². The minimum absolute atomic E-state index is 0.377. The van der Waals surface area contributed by atoms with E-state index in [0.29, 0.717) is 17.1 Å². The van der Waals surface area contributed by atoms with Gasteiger partial charge in [0.25, 0.3) is 10.0 Å². The molecule has 0 aromatic carbocycles. The molecule has 20 heavy (non-hydrogen) atoms. The lowest BCUT2D eigenvalue weighted by Crippen LogP contribution is -2.13. The highest BCUT2D eigenvalue weighted by atomic mass is 32.2. The molecule has 0 aliphatic carbocycles. The van der Waals surface area contributed by atoms with E-state index in [4.69, 9.17) is 0 Å². The van der Waals surface area contributed by atoms with Crippen LogP contribution in [0.15, 0.2) is 27.8 Å². The Balaban J connectivity index is 2.15. The van der Waals surface area contributed by atoms with E-state index < -0.39 is 10.0 Å². The van der Waals surface area contributed by atoms with Gasteiger partial charge in [0.2, 0.25) is 0 Å². The zero-order valence-electron chi connectivity index (χ0n) is 11.5. The molecule has 0 radical (unpaired) electrons. The summed E-state index contributed by atoms with van der Waals surface area (Å²) in [6, 6.07) is 3.52. The Hall–Kier alpha value is -0.890. The Bertz CT molecular complexity index is 645. The lowest BCUT2D eigenvalue weighted by Gasteiger charge is -2.05. The van der Waals surface area contributed by atoms with E-state index in [9.17, 15) is 8.42 Å². The van der Waals surface area contributed by atoms with Gasteiger partial charge in [-0.25, -0.2) is 8.42 Å². The molecule has 0 amide bonds. The van der Waals surface area contributed by atoms with Crippen LogP contribution in [-0.4, -0.2) is 15.0 Å². The maximum Gasteiger partial charge on any atom is 0.263 e. The molecule has 2 N–H and O–H groups in total. The van der Waals surface area contributed by atoms with Gasteiger partial charge in [0.1, 0.15) is 4.90 Å². The summed E-state index contributed by atoms with van der Waals surface area (Å²) in [6.45, 7) is 5.60. The van der Waals surface area contributed by atoms with Gasteiger partial charge in [0.15, 0.2) is 0 Å². The van der Waals surface area contributed by atoms with E-state index in [1.807, 2.05) is 12.3 Å². The molecule has 0 saturated heterocycles. The van der Waals surface area contributed by atoms with Crippen LogP contribution >= 0.6 is 22.7 Å². The van der Waals surface area contributed by atoms with Crippen molar-refractivity contribution < 1.29 is 8.42 Å². The Morgan fingerprint density at radius 3 is 2.80 bits per heavy atom. The average molecular weight is 331 g/mol. The van der Waals surface area contributed by atoms with E-state index in [1.54, 1.807) is 17.5 Å². The van der Waals surface area contributed by atoms with Crippen molar-refractivity contribution in [1.29, 1.82) is 0 Å². The topological polar surface area (TPSA) is 58.2 Å². The highest BCUT2D eigenvalue weighted by molar-refractivity contribution is 7.93. The molecule has 7 heteroatoms. The number of hydrogen-bond acceptors (Lipinski definition) is 5. The molecule has 0 bridgehead atoms. The van der Waals surface area contributed by atoms with Crippen LogP contribution in [0.3, 0.4) is 0 Å². The van der Waals surface area contributed by atoms with Gasteiger partial charge < -0.3 is 5.32 Å². The zero-order chi connectivity index (χ0) is 14.6. The number of sulfonamides is 1. The zero-order valence-corrected chi connectivity index (χ0v) is 13.9. The van der Waals surface area contributed by atoms with E-state index in [2.05, 4.69) is 17.0 Å². The highest BCUT2D eigenvalue weighted by Gasteiger charge is 2.20. The summed E-state index contributed by atoms with van der Waals surface area (Å²) < 4.78 is 27.3. The Kier molecular flexibility index (Phi) is 5.20. The summed E-state index contributed by atoms with van der Waals surface area (Å²) in [6.07, 6.45) is 1.06. The monoisotopic (exact) mass is 330 g/mol. The van der Waals surface area contributed by atoms with Crippen molar-refractivity contribution in [3.8, 4) is 0 Å². The molecule has 0 fully saturated rings. The van der Waals surface area contributed by atoms with Crippen molar-refractivity contribution in [3.63, 3.8) is 0 Å². The van der Waals surface area contributed by atoms with Gasteiger partial charge in [-0.2, -0.15) is 11.3 Å². The third-order valence-corrected chi connectivity index (χ3v) is 6.08. The highest BCUT2D eigenvalue weighted by Crippen LogP contribution is 2.27. The summed E-state index contributed by atoms with van der Waals surface area (Å²) in [7, 11) is -3.48. The van der Waals surface area contributed by atoms with Gasteiger partial charge in [-0.15, -0.1) is 11.3 Å². The first-order valence-corrected chi connectivity index (χ1v) is 9.62. The maximum absolute atomic E-state index is 12.3. The fourth-order valence-corrected chi connectivity index (χ4v) is 5.12. The molecule has 110 valence electrons. The SMILES string of the molecule is CCCNCc1cc(S(=O)(=O)Nc2ccsc2)c(C)s1. The minimum atomic E-state index is -3.48. The molecule has 0 aliphatic heterocycles. The van der Waals surface area contributed by atoms with Crippen molar-refractivity contribution >= 4 is 38.4 Å². The smallest absolute Gasteiger partial charge is 0.263 e. The molecule has 2 aromatic heterocycles. The molecular formula is C13H18N2O2S3. The van der Waals surface area contributed by atoms with E-state index in [0.717, 1.165) is 22.7 Å². The molecule has 0 unspecified atom stereocenters. The molecule has 0 atom stereocenters. The second kappa shape index (κ2) is 6.71. The number of anilines is 1. The second-order valence-corrected chi connectivity index (χ2v) is 8.20. The quantitative estimate of drug-likeness (QED) is 0.765. The van der Waals surface area contributed by atoms with Gasteiger partial charge in [-0.3, -0.25) is 4.72 Å². The van der Waals surface area contributed by atoms with Crippen LogP contribution in [0.5, 0.6) is 0 Å². The standard InChI is InChI=1S/C13H18N2O2S3/c1-3-5-14-8-12-7-13(10(2)19-12)20(16,17)15-11-4-6-18-9-11/h4,6-7,9,14-15H,3,5,8H2,1-2H3. The van der Waals surface area contributed by atoms with Crippen molar-refractivity contribution in [2.45, 2.75) is 31.7 Å². The summed E-state index contributed by atoms with van der Waals surface area (Å²) >= 11 is 2.99. The first-order valence-electron chi connectivity index (χ1n) is 6.38. The van der Waals surface area contributed by atoms with Crippen molar-refractivity contribution in [1.82, 2.24) is 5.32 Å². The van der Waals surface area contributed by atoms with Crippen LogP contribution in [-0.2, 0) is 16.6 Å². The van der Waals surface area contributed by atoms with Crippen LogP contribution in [0.1, 0.15) is 23.1 Å². The molecule has 0 saturated carbocycles. The maximum atomic E-state index is 12.3. The van der Waals surface area contributed by atoms with E-state index in [-0.39, 0.29) is 0 Å². The third kappa shape index (κ3) is 3.82.